The van der Waals surface area contributed by atoms with Crippen LogP contribution in [0.5, 0.6) is 0 Å². The van der Waals surface area contributed by atoms with E-state index in [1.54, 1.807) is 4.80 Å². The van der Waals surface area contributed by atoms with Crippen molar-refractivity contribution in [1.82, 2.24) is 29.9 Å². The maximum atomic E-state index is 8.74. The lowest BCUT2D eigenvalue weighted by Crippen LogP contribution is -2.00. The average molecular weight is 622 g/mol. The quantitative estimate of drug-likeness (QED) is 0.182. The van der Waals surface area contributed by atoms with Crippen LogP contribution in [0.4, 0.5) is 0 Å². The molecule has 0 aliphatic heterocycles. The van der Waals surface area contributed by atoms with E-state index in [9.17, 15) is 0 Å². The van der Waals surface area contributed by atoms with Gasteiger partial charge in [-0.05, 0) is 52.6 Å². The standard InChI is InChI=1S/C41H24N6O/c1-3-10-26(11-4-1)39-42-40(44-41(43-39)32-15-9-17-35-37(32)31-14-7-8-16-34(31)48-35)28-20-22-30-27(24-28)19-18-25-21-23-33-38(36(25)30)46-47(45-33)29-12-5-2-6-13-29/h1-24H/i1D,3D,4D,10D,11D. The summed E-state index contributed by atoms with van der Waals surface area (Å²) >= 11 is 0. The maximum Gasteiger partial charge on any atom is 0.164 e. The molecule has 10 aromatic rings. The molecule has 0 saturated heterocycles. The van der Waals surface area contributed by atoms with E-state index in [2.05, 4.69) is 0 Å². The number of hydrogen-bond donors (Lipinski definition) is 0. The number of nitrogens with zero attached hydrogens (tertiary/aromatic N) is 6. The Hall–Kier alpha value is -6.73. The monoisotopic (exact) mass is 621 g/mol. The molecule has 0 atom stereocenters. The minimum atomic E-state index is -0.493. The zero-order chi connectivity index (χ0) is 36.0. The van der Waals surface area contributed by atoms with Gasteiger partial charge in [-0.1, -0.05) is 109 Å². The second-order valence-corrected chi connectivity index (χ2v) is 11.4. The van der Waals surface area contributed by atoms with Gasteiger partial charge in [-0.3, -0.25) is 0 Å². The Morgan fingerprint density at radius 2 is 1.29 bits per heavy atom. The highest BCUT2D eigenvalue weighted by Crippen LogP contribution is 2.37. The van der Waals surface area contributed by atoms with Crippen LogP contribution in [-0.2, 0) is 0 Å². The molecule has 224 valence electrons. The van der Waals surface area contributed by atoms with Crippen LogP contribution in [0.1, 0.15) is 6.85 Å². The molecule has 0 saturated carbocycles. The van der Waals surface area contributed by atoms with Crippen LogP contribution < -0.4 is 0 Å². The molecule has 3 aromatic heterocycles. The van der Waals surface area contributed by atoms with Gasteiger partial charge in [0.05, 0.1) is 12.5 Å². The fraction of sp³-hybridized carbons (Fsp3) is 0. The third kappa shape index (κ3) is 4.18. The van der Waals surface area contributed by atoms with Gasteiger partial charge in [0.2, 0.25) is 0 Å². The molecule has 0 spiro atoms. The van der Waals surface area contributed by atoms with Crippen molar-refractivity contribution < 1.29 is 11.3 Å². The number of furan rings is 1. The molecule has 48 heavy (non-hydrogen) atoms. The van der Waals surface area contributed by atoms with E-state index < -0.39 is 30.2 Å². The van der Waals surface area contributed by atoms with Crippen molar-refractivity contribution >= 4 is 54.5 Å². The number of aromatic nitrogens is 6. The second-order valence-electron chi connectivity index (χ2n) is 11.4. The first kappa shape index (κ1) is 21.9. The molecule has 7 nitrogen and oxygen atoms in total. The molecule has 0 amide bonds. The second kappa shape index (κ2) is 10.4. The molecular weight excluding hydrogens is 592 g/mol. The van der Waals surface area contributed by atoms with E-state index in [-0.39, 0.29) is 23.0 Å². The number of para-hydroxylation sites is 2. The van der Waals surface area contributed by atoms with Gasteiger partial charge in [0.1, 0.15) is 22.2 Å². The summed E-state index contributed by atoms with van der Waals surface area (Å²) in [6.45, 7) is 0. The molecule has 0 unspecified atom stereocenters. The van der Waals surface area contributed by atoms with Crippen LogP contribution >= 0.6 is 0 Å². The maximum absolute atomic E-state index is 8.74. The minimum Gasteiger partial charge on any atom is -0.456 e. The normalized spacial score (nSPS) is 13.2. The SMILES string of the molecule is [2H]c1c([2H])c([2H])c(-c2nc(-c3ccc4c(ccc5ccc6nn(-c7ccccc7)nc6c54)c3)nc(-c3cccc4oc5ccccc5c34)n2)c([2H])c1[2H]. The van der Waals surface area contributed by atoms with Crippen molar-refractivity contribution in [3.05, 3.63) is 145 Å². The van der Waals surface area contributed by atoms with Crippen molar-refractivity contribution in [2.24, 2.45) is 0 Å². The summed E-state index contributed by atoms with van der Waals surface area (Å²) in [5, 5.41) is 15.2. The van der Waals surface area contributed by atoms with E-state index in [0.717, 1.165) is 49.0 Å². The average Bonchev–Trinajstić information content (AvgIpc) is 3.81. The van der Waals surface area contributed by atoms with Crippen molar-refractivity contribution in [2.75, 3.05) is 0 Å². The van der Waals surface area contributed by atoms with Gasteiger partial charge in [0.25, 0.3) is 0 Å². The number of fused-ring (bicyclic) bond motifs is 8. The first-order valence-electron chi connectivity index (χ1n) is 17.9. The van der Waals surface area contributed by atoms with Crippen molar-refractivity contribution in [1.29, 1.82) is 0 Å². The molecule has 0 fully saturated rings. The number of hydrogen-bond acceptors (Lipinski definition) is 6. The lowest BCUT2D eigenvalue weighted by Gasteiger charge is -2.10. The summed E-state index contributed by atoms with van der Waals surface area (Å²) in [4.78, 5) is 16.2. The van der Waals surface area contributed by atoms with Gasteiger partial charge in [-0.2, -0.15) is 4.80 Å². The van der Waals surface area contributed by atoms with Crippen LogP contribution in [0.15, 0.2) is 150 Å². The van der Waals surface area contributed by atoms with Crippen LogP contribution in [0.2, 0.25) is 0 Å². The molecular formula is C41H24N6O. The third-order valence-electron chi connectivity index (χ3n) is 8.60. The topological polar surface area (TPSA) is 82.5 Å². The third-order valence-corrected chi connectivity index (χ3v) is 8.60. The Labute approximate surface area is 280 Å². The smallest absolute Gasteiger partial charge is 0.164 e. The van der Waals surface area contributed by atoms with Crippen LogP contribution in [0.25, 0.3) is 94.4 Å². The summed E-state index contributed by atoms with van der Waals surface area (Å²) in [5.41, 5.74) is 4.94. The van der Waals surface area contributed by atoms with Crippen LogP contribution in [-0.4, -0.2) is 29.9 Å². The Morgan fingerprint density at radius 1 is 0.542 bits per heavy atom. The molecule has 7 aromatic carbocycles. The fourth-order valence-corrected chi connectivity index (χ4v) is 6.40. The van der Waals surface area contributed by atoms with Gasteiger partial charge >= 0.3 is 0 Å². The highest BCUT2D eigenvalue weighted by atomic mass is 16.3. The van der Waals surface area contributed by atoms with Gasteiger partial charge in [-0.15, -0.1) is 10.2 Å². The van der Waals surface area contributed by atoms with E-state index in [4.69, 9.17) is 36.4 Å². The molecule has 10 rings (SSSR count). The van der Waals surface area contributed by atoms with Crippen molar-refractivity contribution in [3.8, 4) is 39.9 Å². The summed E-state index contributed by atoms with van der Waals surface area (Å²) < 4.78 is 48.5. The highest BCUT2D eigenvalue weighted by molar-refractivity contribution is 6.18. The van der Waals surface area contributed by atoms with E-state index in [1.807, 2.05) is 115 Å². The number of rotatable bonds is 4. The molecule has 0 N–H and O–H groups in total. The Bertz CT molecular complexity index is 3110. The predicted octanol–water partition coefficient (Wildman–Crippen LogP) is 9.81. The molecule has 0 aliphatic rings. The van der Waals surface area contributed by atoms with E-state index in [0.29, 0.717) is 22.3 Å². The highest BCUT2D eigenvalue weighted by Gasteiger charge is 2.18. The molecule has 0 aliphatic carbocycles. The summed E-state index contributed by atoms with van der Waals surface area (Å²) in [6, 6.07) is 34.8. The predicted molar refractivity (Wildman–Crippen MR) is 191 cm³/mol. The Kier molecular flexibility index (Phi) is 4.75. The van der Waals surface area contributed by atoms with Crippen LogP contribution in [0, 0.1) is 0 Å². The first-order valence-corrected chi connectivity index (χ1v) is 15.4. The van der Waals surface area contributed by atoms with Gasteiger partial charge in [-0.25, -0.2) is 15.0 Å². The largest absolute Gasteiger partial charge is 0.456 e. The minimum absolute atomic E-state index is 0.0374. The number of benzene rings is 7. The summed E-state index contributed by atoms with van der Waals surface area (Å²) in [7, 11) is 0. The molecule has 0 bridgehead atoms. The van der Waals surface area contributed by atoms with Crippen LogP contribution in [0.3, 0.4) is 0 Å². The van der Waals surface area contributed by atoms with E-state index in [1.165, 1.54) is 0 Å². The van der Waals surface area contributed by atoms with Crippen molar-refractivity contribution in [3.63, 3.8) is 0 Å². The lowest BCUT2D eigenvalue weighted by molar-refractivity contribution is 0.669. The fourth-order valence-electron chi connectivity index (χ4n) is 6.40. The zero-order valence-electron chi connectivity index (χ0n) is 30.1. The molecule has 7 heteroatoms. The molecule has 3 heterocycles. The Balaban J connectivity index is 1.21. The zero-order valence-corrected chi connectivity index (χ0v) is 25.1. The first-order chi connectivity index (χ1) is 25.8. The molecule has 0 radical (unpaired) electrons. The van der Waals surface area contributed by atoms with Gasteiger partial charge < -0.3 is 4.42 Å². The lowest BCUT2D eigenvalue weighted by atomic mass is 9.99. The van der Waals surface area contributed by atoms with Crippen molar-refractivity contribution in [2.45, 2.75) is 0 Å². The van der Waals surface area contributed by atoms with Gasteiger partial charge in [0, 0.05) is 32.8 Å². The summed E-state index contributed by atoms with van der Waals surface area (Å²) in [6.07, 6.45) is 0. The Morgan fingerprint density at radius 3 is 2.19 bits per heavy atom. The summed E-state index contributed by atoms with van der Waals surface area (Å²) in [5.74, 6) is 0.508. The van der Waals surface area contributed by atoms with E-state index >= 15 is 0 Å². The van der Waals surface area contributed by atoms with Gasteiger partial charge in [0.15, 0.2) is 17.5 Å².